The van der Waals surface area contributed by atoms with Gasteiger partial charge in [-0.3, -0.25) is 14.5 Å². The summed E-state index contributed by atoms with van der Waals surface area (Å²) in [6.07, 6.45) is 2.67. The van der Waals surface area contributed by atoms with Gasteiger partial charge in [-0.1, -0.05) is 6.07 Å². The van der Waals surface area contributed by atoms with Crippen LogP contribution >= 0.6 is 0 Å². The maximum atomic E-state index is 12.8. The Labute approximate surface area is 122 Å². The molecule has 2 aliphatic heterocycles. The fourth-order valence-corrected chi connectivity index (χ4v) is 3.06. The largest absolute Gasteiger partial charge is 0.330 e. The molecule has 6 heteroatoms. The second-order valence-corrected chi connectivity index (χ2v) is 5.47. The first-order chi connectivity index (χ1) is 10.3. The predicted molar refractivity (Wildman–Crippen MR) is 76.6 cm³/mol. The molecule has 1 N–H and O–H groups in total. The van der Waals surface area contributed by atoms with E-state index in [1.165, 1.54) is 0 Å². The van der Waals surface area contributed by atoms with Crippen LogP contribution in [0.15, 0.2) is 24.4 Å². The summed E-state index contributed by atoms with van der Waals surface area (Å²) < 4.78 is 1.88. The van der Waals surface area contributed by atoms with Gasteiger partial charge in [0.25, 0.3) is 5.91 Å². The van der Waals surface area contributed by atoms with E-state index >= 15 is 0 Å². The van der Waals surface area contributed by atoms with Crippen molar-refractivity contribution in [3.63, 3.8) is 0 Å². The molecule has 4 rings (SSSR count). The van der Waals surface area contributed by atoms with E-state index < -0.39 is 0 Å². The molecule has 21 heavy (non-hydrogen) atoms. The molecule has 2 aromatic heterocycles. The van der Waals surface area contributed by atoms with Crippen molar-refractivity contribution in [2.24, 2.45) is 0 Å². The zero-order valence-electron chi connectivity index (χ0n) is 11.7. The van der Waals surface area contributed by atoms with Crippen molar-refractivity contribution < 1.29 is 4.79 Å². The second kappa shape index (κ2) is 4.96. The first-order valence-electron chi connectivity index (χ1n) is 7.31. The van der Waals surface area contributed by atoms with Crippen LogP contribution in [0.2, 0.25) is 0 Å². The van der Waals surface area contributed by atoms with Crippen molar-refractivity contribution in [2.45, 2.75) is 26.1 Å². The van der Waals surface area contributed by atoms with E-state index in [1.807, 2.05) is 27.8 Å². The van der Waals surface area contributed by atoms with E-state index in [0.717, 1.165) is 48.7 Å². The minimum atomic E-state index is 0.0735. The molecule has 0 atom stereocenters. The number of nitrogens with zero attached hydrogens (tertiary/aromatic N) is 4. The van der Waals surface area contributed by atoms with Gasteiger partial charge in [-0.05, 0) is 12.1 Å². The Balaban J connectivity index is 1.64. The van der Waals surface area contributed by atoms with E-state index in [1.54, 1.807) is 6.20 Å². The lowest BCUT2D eigenvalue weighted by Gasteiger charge is -2.28. The summed E-state index contributed by atoms with van der Waals surface area (Å²) in [5.74, 6) is 0.0735. The smallest absolute Gasteiger partial charge is 0.272 e. The van der Waals surface area contributed by atoms with Crippen molar-refractivity contribution in [1.82, 2.24) is 25.0 Å². The summed E-state index contributed by atoms with van der Waals surface area (Å²) in [6, 6.07) is 5.79. The molecule has 2 aromatic rings. The minimum absolute atomic E-state index is 0.0735. The first kappa shape index (κ1) is 12.5. The van der Waals surface area contributed by atoms with E-state index in [-0.39, 0.29) is 5.91 Å². The van der Waals surface area contributed by atoms with Crippen LogP contribution in [0, 0.1) is 0 Å². The molecule has 4 heterocycles. The molecule has 2 aliphatic rings. The Hall–Kier alpha value is -2.21. The number of rotatable bonds is 2. The normalized spacial score (nSPS) is 17.5. The van der Waals surface area contributed by atoms with Gasteiger partial charge in [-0.15, -0.1) is 0 Å². The highest BCUT2D eigenvalue weighted by Crippen LogP contribution is 2.23. The Bertz CT molecular complexity index is 679. The summed E-state index contributed by atoms with van der Waals surface area (Å²) in [6.45, 7) is 3.70. The maximum absolute atomic E-state index is 12.8. The van der Waals surface area contributed by atoms with E-state index in [4.69, 9.17) is 0 Å². The van der Waals surface area contributed by atoms with Gasteiger partial charge in [0.15, 0.2) is 0 Å². The Morgan fingerprint density at radius 3 is 3.10 bits per heavy atom. The number of hydrogen-bond acceptors (Lipinski definition) is 4. The summed E-state index contributed by atoms with van der Waals surface area (Å²) in [5.41, 5.74) is 3.85. The van der Waals surface area contributed by atoms with Crippen LogP contribution in [-0.4, -0.2) is 38.7 Å². The van der Waals surface area contributed by atoms with Crippen molar-refractivity contribution in [1.29, 1.82) is 0 Å². The van der Waals surface area contributed by atoms with E-state index in [2.05, 4.69) is 15.4 Å². The highest BCUT2D eigenvalue weighted by atomic mass is 16.2. The lowest BCUT2D eigenvalue weighted by atomic mass is 10.1. The monoisotopic (exact) mass is 283 g/mol. The number of carbonyl (C=O) groups excluding carboxylic acids is 1. The molecule has 0 saturated carbocycles. The molecule has 0 radical (unpaired) electrons. The molecule has 0 fully saturated rings. The van der Waals surface area contributed by atoms with E-state index in [0.29, 0.717) is 13.1 Å². The average molecular weight is 283 g/mol. The lowest BCUT2D eigenvalue weighted by Crippen LogP contribution is -2.40. The molecular weight excluding hydrogens is 266 g/mol. The highest BCUT2D eigenvalue weighted by molar-refractivity contribution is 5.95. The van der Waals surface area contributed by atoms with Gasteiger partial charge in [0.2, 0.25) is 0 Å². The number of fused-ring (bicyclic) bond motifs is 3. The zero-order chi connectivity index (χ0) is 14.2. The third-order valence-corrected chi connectivity index (χ3v) is 4.12. The van der Waals surface area contributed by atoms with Crippen LogP contribution in [0.5, 0.6) is 0 Å². The lowest BCUT2D eigenvalue weighted by molar-refractivity contribution is 0.0680. The standard InChI is InChI=1S/C15H17N5O/c21-15-14-12-9-16-6-4-13(12)18-20(14)8-7-19(15)10-11-3-1-2-5-17-11/h1-3,5,16H,4,6-10H2. The molecule has 6 nitrogen and oxygen atoms in total. The minimum Gasteiger partial charge on any atom is -0.330 e. The summed E-state index contributed by atoms with van der Waals surface area (Å²) >= 11 is 0. The maximum Gasteiger partial charge on any atom is 0.272 e. The van der Waals surface area contributed by atoms with Crippen LogP contribution in [0.1, 0.15) is 27.4 Å². The molecule has 0 bridgehead atoms. The fourth-order valence-electron chi connectivity index (χ4n) is 3.06. The third-order valence-electron chi connectivity index (χ3n) is 4.12. The van der Waals surface area contributed by atoms with E-state index in [9.17, 15) is 4.79 Å². The van der Waals surface area contributed by atoms with Crippen LogP contribution in [-0.2, 0) is 26.1 Å². The van der Waals surface area contributed by atoms with Gasteiger partial charge < -0.3 is 10.2 Å². The molecule has 0 aliphatic carbocycles. The van der Waals surface area contributed by atoms with Crippen LogP contribution in [0.3, 0.4) is 0 Å². The number of carbonyl (C=O) groups is 1. The third kappa shape index (κ3) is 2.12. The molecule has 0 unspecified atom stereocenters. The summed E-state index contributed by atoms with van der Waals surface area (Å²) in [7, 11) is 0. The van der Waals surface area contributed by atoms with Gasteiger partial charge in [0.1, 0.15) is 5.69 Å². The second-order valence-electron chi connectivity index (χ2n) is 5.47. The Kier molecular flexibility index (Phi) is 2.96. The number of nitrogens with one attached hydrogen (secondary N) is 1. The quantitative estimate of drug-likeness (QED) is 0.876. The van der Waals surface area contributed by atoms with Crippen molar-refractivity contribution in [3.05, 3.63) is 47.0 Å². The fraction of sp³-hybridized carbons (Fsp3) is 0.400. The van der Waals surface area contributed by atoms with Gasteiger partial charge >= 0.3 is 0 Å². The van der Waals surface area contributed by atoms with Crippen molar-refractivity contribution in [2.75, 3.05) is 13.1 Å². The molecule has 0 spiro atoms. The summed E-state index contributed by atoms with van der Waals surface area (Å²) in [5, 5.41) is 7.92. The average Bonchev–Trinajstić information content (AvgIpc) is 2.90. The number of amides is 1. The highest BCUT2D eigenvalue weighted by Gasteiger charge is 2.31. The number of pyridine rings is 1. The van der Waals surface area contributed by atoms with Crippen molar-refractivity contribution in [3.8, 4) is 0 Å². The number of aromatic nitrogens is 3. The van der Waals surface area contributed by atoms with Crippen LogP contribution < -0.4 is 5.32 Å². The molecular formula is C15H17N5O. The molecule has 0 saturated heterocycles. The van der Waals surface area contributed by atoms with Crippen LogP contribution in [0.25, 0.3) is 0 Å². The summed E-state index contributed by atoms with van der Waals surface area (Å²) in [4.78, 5) is 18.9. The first-order valence-corrected chi connectivity index (χ1v) is 7.31. The van der Waals surface area contributed by atoms with Gasteiger partial charge in [0, 0.05) is 37.8 Å². The Morgan fingerprint density at radius 2 is 2.24 bits per heavy atom. The van der Waals surface area contributed by atoms with Crippen LogP contribution in [0.4, 0.5) is 0 Å². The molecule has 1 amide bonds. The molecule has 108 valence electrons. The Morgan fingerprint density at radius 1 is 1.29 bits per heavy atom. The topological polar surface area (TPSA) is 63.1 Å². The molecule has 0 aromatic carbocycles. The van der Waals surface area contributed by atoms with Gasteiger partial charge in [-0.2, -0.15) is 5.10 Å². The van der Waals surface area contributed by atoms with Gasteiger partial charge in [-0.25, -0.2) is 0 Å². The zero-order valence-corrected chi connectivity index (χ0v) is 11.7. The predicted octanol–water partition coefficient (Wildman–Crippen LogP) is 0.580. The van der Waals surface area contributed by atoms with Gasteiger partial charge in [0.05, 0.1) is 24.5 Å². The SMILES string of the molecule is O=C1c2c3c(nn2CCN1Cc1ccccn1)CCNC3. The number of hydrogen-bond donors (Lipinski definition) is 1. The van der Waals surface area contributed by atoms with Crippen molar-refractivity contribution >= 4 is 5.91 Å².